The zero-order chi connectivity index (χ0) is 20.1. The predicted octanol–water partition coefficient (Wildman–Crippen LogP) is 4.70. The first-order valence-electron chi connectivity index (χ1n) is 8.43. The number of nitrogens with zero attached hydrogens (tertiary/aromatic N) is 3. The van der Waals surface area contributed by atoms with E-state index in [1.165, 1.54) is 41.3 Å². The van der Waals surface area contributed by atoms with Gasteiger partial charge in [-0.1, -0.05) is 47.4 Å². The molecule has 1 amide bonds. The first kappa shape index (κ1) is 20.2. The normalized spacial score (nSPS) is 11.9. The fourth-order valence-electron chi connectivity index (χ4n) is 2.48. The largest absolute Gasteiger partial charge is 0.340 e. The van der Waals surface area contributed by atoms with Gasteiger partial charge in [-0.3, -0.25) is 4.79 Å². The van der Waals surface area contributed by atoms with E-state index in [1.807, 2.05) is 0 Å². The third kappa shape index (κ3) is 5.26. The summed E-state index contributed by atoms with van der Waals surface area (Å²) in [6.45, 7) is 2.10. The number of carbonyl (C=O) groups is 1. The summed E-state index contributed by atoms with van der Waals surface area (Å²) < 4.78 is 27.6. The molecule has 9 heteroatoms. The first-order chi connectivity index (χ1) is 13.4. The Morgan fingerprint density at radius 2 is 2.00 bits per heavy atom. The average molecular weight is 421 g/mol. The van der Waals surface area contributed by atoms with E-state index in [2.05, 4.69) is 15.5 Å². The van der Waals surface area contributed by atoms with Gasteiger partial charge in [0.15, 0.2) is 4.34 Å². The molecule has 1 unspecified atom stereocenters. The Morgan fingerprint density at radius 1 is 1.21 bits per heavy atom. The van der Waals surface area contributed by atoms with Gasteiger partial charge in [0.2, 0.25) is 11.0 Å². The molecule has 0 aliphatic rings. The van der Waals surface area contributed by atoms with Crippen LogP contribution in [-0.2, 0) is 11.3 Å². The number of hydrogen-bond acceptors (Lipinski definition) is 6. The summed E-state index contributed by atoms with van der Waals surface area (Å²) in [6.07, 6.45) is 0. The molecule has 146 valence electrons. The number of hydrogen-bond donors (Lipinski definition) is 1. The Balaban J connectivity index is 1.58. The van der Waals surface area contributed by atoms with Gasteiger partial charge in [0.25, 0.3) is 0 Å². The maximum Gasteiger partial charge on any atom is 0.235 e. The van der Waals surface area contributed by atoms with E-state index >= 15 is 0 Å². The molecule has 0 radical (unpaired) electrons. The van der Waals surface area contributed by atoms with Crippen LogP contribution in [0.2, 0.25) is 0 Å². The number of halogens is 2. The van der Waals surface area contributed by atoms with Crippen LogP contribution in [0.25, 0.3) is 0 Å². The third-order valence-corrected chi connectivity index (χ3v) is 5.84. The van der Waals surface area contributed by atoms with E-state index in [1.54, 1.807) is 49.2 Å². The molecule has 0 spiro atoms. The van der Waals surface area contributed by atoms with Crippen molar-refractivity contribution in [3.63, 3.8) is 0 Å². The Bertz CT molecular complexity index is 966. The minimum Gasteiger partial charge on any atom is -0.340 e. The van der Waals surface area contributed by atoms with Gasteiger partial charge in [0.1, 0.15) is 11.6 Å². The van der Waals surface area contributed by atoms with Crippen LogP contribution in [-0.4, -0.2) is 33.3 Å². The molecule has 1 atom stereocenters. The van der Waals surface area contributed by atoms with Crippen molar-refractivity contribution in [2.75, 3.05) is 12.4 Å². The smallest absolute Gasteiger partial charge is 0.235 e. The van der Waals surface area contributed by atoms with Crippen LogP contribution in [0, 0.1) is 11.6 Å². The lowest BCUT2D eigenvalue weighted by atomic mass is 10.2. The molecule has 5 nitrogen and oxygen atoms in total. The fourth-order valence-corrected chi connectivity index (χ4v) is 4.51. The number of anilines is 2. The van der Waals surface area contributed by atoms with Gasteiger partial charge in [-0.15, -0.1) is 10.2 Å². The number of para-hydroxylation sites is 1. The summed E-state index contributed by atoms with van der Waals surface area (Å²) in [5.74, 6) is -0.813. The standard InChI is InChI=1S/C19H18F2N4OS2/c1-12(17(26)25(2)11-13-6-5-7-14(20)10-13)27-19-24-23-18(28-19)22-16-9-4-3-8-15(16)21/h3-10,12H,11H2,1-2H3,(H,22,23). The van der Waals surface area contributed by atoms with Crippen molar-refractivity contribution in [3.8, 4) is 0 Å². The van der Waals surface area contributed by atoms with Gasteiger partial charge in [-0.2, -0.15) is 0 Å². The lowest BCUT2D eigenvalue weighted by molar-refractivity contribution is -0.129. The van der Waals surface area contributed by atoms with Crippen molar-refractivity contribution in [2.45, 2.75) is 23.1 Å². The summed E-state index contributed by atoms with van der Waals surface area (Å²) in [5.41, 5.74) is 1.04. The van der Waals surface area contributed by atoms with Crippen molar-refractivity contribution in [3.05, 3.63) is 65.7 Å². The molecule has 1 heterocycles. The molecule has 0 aliphatic heterocycles. The lowest BCUT2D eigenvalue weighted by Gasteiger charge is -2.20. The highest BCUT2D eigenvalue weighted by Crippen LogP contribution is 2.31. The van der Waals surface area contributed by atoms with E-state index in [0.29, 0.717) is 21.7 Å². The van der Waals surface area contributed by atoms with Gasteiger partial charge < -0.3 is 10.2 Å². The van der Waals surface area contributed by atoms with Crippen LogP contribution < -0.4 is 5.32 Å². The average Bonchev–Trinajstić information content (AvgIpc) is 3.09. The van der Waals surface area contributed by atoms with E-state index in [4.69, 9.17) is 0 Å². The van der Waals surface area contributed by atoms with Crippen LogP contribution in [0.4, 0.5) is 19.6 Å². The molecule has 0 saturated heterocycles. The van der Waals surface area contributed by atoms with Gasteiger partial charge in [0.05, 0.1) is 10.9 Å². The van der Waals surface area contributed by atoms with Gasteiger partial charge in [-0.05, 0) is 36.8 Å². The van der Waals surface area contributed by atoms with Crippen molar-refractivity contribution in [2.24, 2.45) is 0 Å². The number of amides is 1. The minimum absolute atomic E-state index is 0.104. The molecule has 1 N–H and O–H groups in total. The number of thioether (sulfide) groups is 1. The van der Waals surface area contributed by atoms with E-state index < -0.39 is 5.25 Å². The number of aromatic nitrogens is 2. The Kier molecular flexibility index (Phi) is 6.58. The van der Waals surface area contributed by atoms with Crippen LogP contribution in [0.3, 0.4) is 0 Å². The number of carbonyl (C=O) groups excluding carboxylic acids is 1. The second-order valence-corrected chi connectivity index (χ2v) is 8.63. The molecule has 3 aromatic rings. The highest BCUT2D eigenvalue weighted by atomic mass is 32.2. The number of nitrogens with one attached hydrogen (secondary N) is 1. The molecule has 1 aromatic heterocycles. The van der Waals surface area contributed by atoms with Crippen LogP contribution in [0.1, 0.15) is 12.5 Å². The van der Waals surface area contributed by atoms with Crippen molar-refractivity contribution in [1.82, 2.24) is 15.1 Å². The van der Waals surface area contributed by atoms with Crippen LogP contribution in [0.15, 0.2) is 52.9 Å². The molecule has 3 rings (SSSR count). The minimum atomic E-state index is -0.396. The van der Waals surface area contributed by atoms with Crippen LogP contribution >= 0.6 is 23.1 Å². The Hall–Kier alpha value is -2.52. The van der Waals surface area contributed by atoms with Crippen LogP contribution in [0.5, 0.6) is 0 Å². The maximum atomic E-state index is 13.7. The van der Waals surface area contributed by atoms with E-state index in [-0.39, 0.29) is 17.5 Å². The SMILES string of the molecule is CC(Sc1nnc(Nc2ccccc2F)s1)C(=O)N(C)Cc1cccc(F)c1. The summed E-state index contributed by atoms with van der Waals surface area (Å²) in [7, 11) is 1.68. The van der Waals surface area contributed by atoms with Crippen molar-refractivity contribution >= 4 is 39.8 Å². The fraction of sp³-hybridized carbons (Fsp3) is 0.211. The molecule has 0 bridgehead atoms. The first-order valence-corrected chi connectivity index (χ1v) is 10.1. The maximum absolute atomic E-state index is 13.7. The molecule has 0 aliphatic carbocycles. The summed E-state index contributed by atoms with van der Waals surface area (Å²) in [5, 5.41) is 11.0. The van der Waals surface area contributed by atoms with Crippen molar-refractivity contribution in [1.29, 1.82) is 0 Å². The molecular formula is C19H18F2N4OS2. The molecular weight excluding hydrogens is 402 g/mol. The van der Waals surface area contributed by atoms with E-state index in [0.717, 1.165) is 5.56 Å². The van der Waals surface area contributed by atoms with Gasteiger partial charge in [-0.25, -0.2) is 8.78 Å². The lowest BCUT2D eigenvalue weighted by Crippen LogP contribution is -2.32. The van der Waals surface area contributed by atoms with Gasteiger partial charge in [0, 0.05) is 13.6 Å². The zero-order valence-electron chi connectivity index (χ0n) is 15.2. The molecule has 2 aromatic carbocycles. The molecule has 0 saturated carbocycles. The second-order valence-electron chi connectivity index (χ2n) is 6.06. The number of benzene rings is 2. The zero-order valence-corrected chi connectivity index (χ0v) is 16.9. The van der Waals surface area contributed by atoms with E-state index in [9.17, 15) is 13.6 Å². The predicted molar refractivity (Wildman–Crippen MR) is 108 cm³/mol. The Morgan fingerprint density at radius 3 is 2.75 bits per heavy atom. The number of rotatable bonds is 7. The monoisotopic (exact) mass is 420 g/mol. The topological polar surface area (TPSA) is 58.1 Å². The summed E-state index contributed by atoms with van der Waals surface area (Å²) in [6, 6.07) is 12.5. The highest BCUT2D eigenvalue weighted by Gasteiger charge is 2.21. The molecule has 28 heavy (non-hydrogen) atoms. The van der Waals surface area contributed by atoms with Crippen molar-refractivity contribution < 1.29 is 13.6 Å². The molecule has 0 fully saturated rings. The highest BCUT2D eigenvalue weighted by molar-refractivity contribution is 8.02. The second kappa shape index (κ2) is 9.11. The summed E-state index contributed by atoms with van der Waals surface area (Å²) >= 11 is 2.52. The summed E-state index contributed by atoms with van der Waals surface area (Å²) in [4.78, 5) is 14.1. The van der Waals surface area contributed by atoms with Gasteiger partial charge >= 0.3 is 0 Å². The quantitative estimate of drug-likeness (QED) is 0.562. The third-order valence-electron chi connectivity index (χ3n) is 3.83. The Labute approximate surface area is 169 Å².